The van der Waals surface area contributed by atoms with Crippen LogP contribution in [0.25, 0.3) is 5.73 Å². The second-order valence-corrected chi connectivity index (χ2v) is 6.07. The summed E-state index contributed by atoms with van der Waals surface area (Å²) in [4.78, 5) is 32.4. The Bertz CT molecular complexity index is 470. The fourth-order valence-electron chi connectivity index (χ4n) is 2.16. The number of rotatable bonds is 14. The molecular formula is C21H35N2O3Pd-. The van der Waals surface area contributed by atoms with E-state index in [1.165, 1.54) is 26.2 Å². The summed E-state index contributed by atoms with van der Waals surface area (Å²) < 4.78 is 0. The molecule has 5 nitrogen and oxygen atoms in total. The van der Waals surface area contributed by atoms with E-state index in [0.717, 1.165) is 31.3 Å². The van der Waals surface area contributed by atoms with E-state index in [2.05, 4.69) is 25.4 Å². The van der Waals surface area contributed by atoms with Crippen LogP contribution in [0.1, 0.15) is 71.6 Å². The molecule has 27 heavy (non-hydrogen) atoms. The van der Waals surface area contributed by atoms with Crippen molar-refractivity contribution in [3.63, 3.8) is 0 Å². The smallest absolute Gasteiger partial charge is 0.220 e. The van der Waals surface area contributed by atoms with E-state index in [1.807, 2.05) is 6.08 Å². The molecule has 2 N–H and O–H groups in total. The number of hydrogen-bond donors (Lipinski definition) is 1. The minimum Gasteiger partial charge on any atom is -0.668 e. The van der Waals surface area contributed by atoms with E-state index in [1.54, 1.807) is 12.2 Å². The Kier molecular flexibility index (Phi) is 25.2. The third kappa shape index (κ3) is 26.8. The zero-order chi connectivity index (χ0) is 20.2. The predicted octanol–water partition coefficient (Wildman–Crippen LogP) is 5.08. The summed E-state index contributed by atoms with van der Waals surface area (Å²) in [5, 5.41) is 2.71. The van der Waals surface area contributed by atoms with Crippen LogP contribution in [0.3, 0.4) is 0 Å². The maximum Gasteiger partial charge on any atom is 0.220 e. The molecule has 6 heteroatoms. The molecule has 0 saturated carbocycles. The summed E-state index contributed by atoms with van der Waals surface area (Å²) in [6.45, 7) is 10.9. The Hall–Kier alpha value is -1.51. The van der Waals surface area contributed by atoms with Crippen LogP contribution in [-0.2, 0) is 34.8 Å². The molecule has 0 aliphatic rings. The zero-order valence-corrected chi connectivity index (χ0v) is 18.3. The fraction of sp³-hybridized carbons (Fsp3) is 0.571. The van der Waals surface area contributed by atoms with Crippen molar-refractivity contribution in [2.24, 2.45) is 0 Å². The Labute approximate surface area is 178 Å². The number of Topliss-reactive ketones (excluding diaryl/α,β-unsaturated/α-hetero) is 1. The van der Waals surface area contributed by atoms with Gasteiger partial charge in [0.15, 0.2) is 5.78 Å². The van der Waals surface area contributed by atoms with E-state index in [-0.39, 0.29) is 38.7 Å². The Morgan fingerprint density at radius 3 is 2.07 bits per heavy atom. The number of ketones is 1. The maximum atomic E-state index is 11.7. The summed E-state index contributed by atoms with van der Waals surface area (Å²) in [5.41, 5.74) is 7.03. The maximum absolute atomic E-state index is 11.7. The van der Waals surface area contributed by atoms with Gasteiger partial charge in [-0.1, -0.05) is 64.0 Å². The van der Waals surface area contributed by atoms with Crippen LogP contribution < -0.4 is 5.32 Å². The summed E-state index contributed by atoms with van der Waals surface area (Å²) in [6.07, 6.45) is 13.6. The molecule has 0 spiro atoms. The van der Waals surface area contributed by atoms with Crippen LogP contribution in [0.5, 0.6) is 0 Å². The summed E-state index contributed by atoms with van der Waals surface area (Å²) in [6, 6.07) is 0. The number of hydrogen-bond acceptors (Lipinski definition) is 3. The average molecular weight is 470 g/mol. The topological polar surface area (TPSA) is 87.0 Å². The van der Waals surface area contributed by atoms with Gasteiger partial charge in [-0.15, -0.1) is 0 Å². The van der Waals surface area contributed by atoms with Crippen LogP contribution in [0, 0.1) is 0 Å². The number of nitrogens with one attached hydrogen (secondary N) is 2. The number of carbonyl (C=O) groups excluding carboxylic acids is 3. The van der Waals surface area contributed by atoms with Gasteiger partial charge in [-0.3, -0.25) is 9.59 Å². The number of carbonyl (C=O) groups is 3. The molecule has 0 saturated heterocycles. The van der Waals surface area contributed by atoms with Gasteiger partial charge in [0.05, 0.1) is 6.54 Å². The van der Waals surface area contributed by atoms with Crippen LogP contribution in [0.4, 0.5) is 0 Å². The summed E-state index contributed by atoms with van der Waals surface area (Å²) >= 11 is 0. The van der Waals surface area contributed by atoms with Crippen molar-refractivity contribution in [2.75, 3.05) is 6.54 Å². The van der Waals surface area contributed by atoms with Gasteiger partial charge in [-0.25, -0.2) is 0 Å². The van der Waals surface area contributed by atoms with Gasteiger partial charge in [-0.2, -0.15) is 0 Å². The quantitative estimate of drug-likeness (QED) is 0.218. The first-order chi connectivity index (χ1) is 12.4. The van der Waals surface area contributed by atoms with Crippen LogP contribution >= 0.6 is 0 Å². The monoisotopic (exact) mass is 469 g/mol. The number of allylic oxidation sites excluding steroid dienone is 4. The molecule has 0 unspecified atom stereocenters. The van der Waals surface area contributed by atoms with Crippen LogP contribution in [0.2, 0.25) is 0 Å². The van der Waals surface area contributed by atoms with Crippen molar-refractivity contribution in [1.82, 2.24) is 5.32 Å². The van der Waals surface area contributed by atoms with E-state index < -0.39 is 5.91 Å². The van der Waals surface area contributed by atoms with Crippen LogP contribution in [-0.4, -0.2) is 24.1 Å². The van der Waals surface area contributed by atoms with Gasteiger partial charge in [-0.05, 0) is 31.8 Å². The van der Waals surface area contributed by atoms with Crippen LogP contribution in [0.15, 0.2) is 37.0 Å². The molecule has 0 aliphatic carbocycles. The second kappa shape index (κ2) is 22.5. The molecule has 0 aromatic rings. The van der Waals surface area contributed by atoms with Crippen molar-refractivity contribution in [2.45, 2.75) is 71.6 Å². The third-order valence-corrected chi connectivity index (χ3v) is 3.51. The zero-order valence-electron chi connectivity index (χ0n) is 16.8. The molecule has 0 fully saturated rings. The van der Waals surface area contributed by atoms with Crippen molar-refractivity contribution in [1.29, 1.82) is 0 Å². The molecule has 0 heterocycles. The minimum absolute atomic E-state index is 0. The number of amides is 2. The first kappa shape index (κ1) is 30.2. The fourth-order valence-corrected chi connectivity index (χ4v) is 2.16. The van der Waals surface area contributed by atoms with Crippen molar-refractivity contribution >= 4 is 17.6 Å². The van der Waals surface area contributed by atoms with Crippen molar-refractivity contribution in [3.8, 4) is 0 Å². The normalized spacial score (nSPS) is 9.93. The molecule has 0 radical (unpaired) electrons. The van der Waals surface area contributed by atoms with Gasteiger partial charge in [0.25, 0.3) is 0 Å². The molecule has 2 amide bonds. The average Bonchev–Trinajstić information content (AvgIpc) is 2.58. The molecule has 0 bridgehead atoms. The van der Waals surface area contributed by atoms with Gasteiger partial charge in [0, 0.05) is 39.2 Å². The van der Waals surface area contributed by atoms with Gasteiger partial charge < -0.3 is 15.8 Å². The molecule has 0 atom stereocenters. The molecule has 0 aromatic carbocycles. The molecule has 0 aromatic heterocycles. The molecule has 0 aliphatic heterocycles. The summed E-state index contributed by atoms with van der Waals surface area (Å²) in [5.74, 6) is -0.510. The van der Waals surface area contributed by atoms with E-state index in [4.69, 9.17) is 10.5 Å². The molecular weight excluding hydrogens is 435 g/mol. The van der Waals surface area contributed by atoms with Gasteiger partial charge >= 0.3 is 0 Å². The third-order valence-electron chi connectivity index (χ3n) is 3.51. The molecule has 0 rings (SSSR count). The Balaban J connectivity index is -0.00000104. The molecule has 158 valence electrons. The SMILES string of the molecule is C=C/C=C(\C=C)CCCC(=O)CNC(=O)CCCCCCC.CC([NH-])=O.[Pd]. The van der Waals surface area contributed by atoms with E-state index in [9.17, 15) is 9.59 Å². The predicted molar refractivity (Wildman–Crippen MR) is 109 cm³/mol. The van der Waals surface area contributed by atoms with Gasteiger partial charge in [0.2, 0.25) is 5.91 Å². The minimum atomic E-state index is -0.583. The van der Waals surface area contributed by atoms with Gasteiger partial charge in [0.1, 0.15) is 0 Å². The Morgan fingerprint density at radius 1 is 0.963 bits per heavy atom. The first-order valence-electron chi connectivity index (χ1n) is 9.31. The second-order valence-electron chi connectivity index (χ2n) is 6.07. The first-order valence-corrected chi connectivity index (χ1v) is 9.31. The van der Waals surface area contributed by atoms with Crippen molar-refractivity contribution < 1.29 is 34.8 Å². The standard InChI is InChI=1S/C19H31NO2.C2H5NO.Pd/c1-4-7-8-9-10-15-19(22)20-16-18(21)14-11-13-17(6-3)12-5-2;1-2(3)4;/h5-6,12H,2-4,7-11,13-16H2,1H3,(H,20,22);1H3,(H2,3,4);/p-1/b17-12+;;. The van der Waals surface area contributed by atoms with Crippen molar-refractivity contribution in [3.05, 3.63) is 42.7 Å². The summed E-state index contributed by atoms with van der Waals surface area (Å²) in [7, 11) is 0. The Morgan fingerprint density at radius 2 is 1.56 bits per heavy atom. The van der Waals surface area contributed by atoms with E-state index >= 15 is 0 Å². The van der Waals surface area contributed by atoms with E-state index in [0.29, 0.717) is 12.8 Å². The largest absolute Gasteiger partial charge is 0.668 e. The number of unbranched alkanes of at least 4 members (excludes halogenated alkanes) is 4.